The second-order valence-corrected chi connectivity index (χ2v) is 6.86. The molecule has 1 unspecified atom stereocenters. The van der Waals surface area contributed by atoms with Crippen molar-refractivity contribution in [3.05, 3.63) is 18.0 Å². The molecule has 28 heavy (non-hydrogen) atoms. The number of hydrogen-bond acceptors (Lipinski definition) is 3. The molecule has 1 aliphatic heterocycles. The SMILES string of the molecule is CCNC(=NCC(=O)N(C)CC(F)(F)F)N1CCC(Cc2cnn(C)c2)C1.I. The highest BCUT2D eigenvalue weighted by molar-refractivity contribution is 14.0. The smallest absolute Gasteiger partial charge is 0.357 e. The van der Waals surface area contributed by atoms with Crippen molar-refractivity contribution in [2.45, 2.75) is 25.9 Å². The normalized spacial score (nSPS) is 17.4. The topological polar surface area (TPSA) is 65.8 Å². The van der Waals surface area contributed by atoms with E-state index in [-0.39, 0.29) is 30.5 Å². The van der Waals surface area contributed by atoms with Crippen LogP contribution >= 0.6 is 24.0 Å². The Morgan fingerprint density at radius 2 is 2.18 bits per heavy atom. The summed E-state index contributed by atoms with van der Waals surface area (Å²) in [6, 6.07) is 0. The van der Waals surface area contributed by atoms with Gasteiger partial charge in [-0.25, -0.2) is 4.99 Å². The number of likely N-dealkylation sites (N-methyl/N-ethyl adjacent to an activating group) is 1. The van der Waals surface area contributed by atoms with Gasteiger partial charge in [0.1, 0.15) is 13.1 Å². The number of rotatable bonds is 6. The van der Waals surface area contributed by atoms with Gasteiger partial charge in [0.25, 0.3) is 0 Å². The first-order valence-electron chi connectivity index (χ1n) is 8.99. The zero-order valence-electron chi connectivity index (χ0n) is 16.4. The molecular weight excluding hydrogens is 488 g/mol. The van der Waals surface area contributed by atoms with Crippen LogP contribution in [-0.2, 0) is 18.3 Å². The third kappa shape index (κ3) is 7.84. The highest BCUT2D eigenvalue weighted by Crippen LogP contribution is 2.21. The molecule has 11 heteroatoms. The molecule has 160 valence electrons. The van der Waals surface area contributed by atoms with Crippen molar-refractivity contribution in [1.29, 1.82) is 0 Å². The standard InChI is InChI=1S/C17H27F3N6O.HI/c1-4-21-16(22-9-15(27)24(2)12-17(18,19)20)26-6-5-13(11-26)7-14-8-23-25(3)10-14;/h8,10,13H,4-7,9,11-12H2,1-3H3,(H,21,22);1H. The molecule has 1 amide bonds. The van der Waals surface area contributed by atoms with Gasteiger partial charge in [-0.05, 0) is 31.2 Å². The van der Waals surface area contributed by atoms with Crippen LogP contribution in [0.25, 0.3) is 0 Å². The molecule has 0 bridgehead atoms. The van der Waals surface area contributed by atoms with Gasteiger partial charge in [-0.15, -0.1) is 24.0 Å². The van der Waals surface area contributed by atoms with Crippen LogP contribution < -0.4 is 5.32 Å². The molecule has 1 N–H and O–H groups in total. The first-order valence-corrected chi connectivity index (χ1v) is 8.99. The van der Waals surface area contributed by atoms with Gasteiger partial charge in [0.2, 0.25) is 5.91 Å². The zero-order chi connectivity index (χ0) is 20.0. The largest absolute Gasteiger partial charge is 0.406 e. The van der Waals surface area contributed by atoms with Crippen molar-refractivity contribution in [3.63, 3.8) is 0 Å². The minimum Gasteiger partial charge on any atom is -0.357 e. The summed E-state index contributed by atoms with van der Waals surface area (Å²) in [5, 5.41) is 7.30. The van der Waals surface area contributed by atoms with E-state index in [1.54, 1.807) is 4.68 Å². The number of nitrogens with one attached hydrogen (secondary N) is 1. The first kappa shape index (κ1) is 24.5. The summed E-state index contributed by atoms with van der Waals surface area (Å²) in [6.07, 6.45) is 1.35. The predicted octanol–water partition coefficient (Wildman–Crippen LogP) is 1.89. The zero-order valence-corrected chi connectivity index (χ0v) is 18.7. The molecule has 2 heterocycles. The lowest BCUT2D eigenvalue weighted by atomic mass is 10.0. The number of hydrogen-bond donors (Lipinski definition) is 1. The van der Waals surface area contributed by atoms with E-state index in [9.17, 15) is 18.0 Å². The summed E-state index contributed by atoms with van der Waals surface area (Å²) in [7, 11) is 3.02. The van der Waals surface area contributed by atoms with E-state index in [2.05, 4.69) is 20.3 Å². The van der Waals surface area contributed by atoms with E-state index in [1.165, 1.54) is 5.56 Å². The summed E-state index contributed by atoms with van der Waals surface area (Å²) in [6.45, 7) is 2.54. The van der Waals surface area contributed by atoms with Crippen LogP contribution in [0.2, 0.25) is 0 Å². The van der Waals surface area contributed by atoms with E-state index < -0.39 is 18.6 Å². The van der Waals surface area contributed by atoms with Gasteiger partial charge in [-0.2, -0.15) is 18.3 Å². The minimum atomic E-state index is -4.41. The number of amides is 1. The molecular formula is C17H28F3IN6O. The molecule has 2 rings (SSSR count). The van der Waals surface area contributed by atoms with E-state index in [0.717, 1.165) is 33.0 Å². The Morgan fingerprint density at radius 1 is 1.46 bits per heavy atom. The van der Waals surface area contributed by atoms with Crippen LogP contribution in [0.5, 0.6) is 0 Å². The maximum Gasteiger partial charge on any atom is 0.406 e. The number of carbonyl (C=O) groups is 1. The fourth-order valence-electron chi connectivity index (χ4n) is 3.15. The molecule has 0 aliphatic carbocycles. The average Bonchev–Trinajstić information content (AvgIpc) is 3.19. The van der Waals surface area contributed by atoms with Gasteiger partial charge >= 0.3 is 6.18 Å². The first-order chi connectivity index (χ1) is 12.7. The Hall–Kier alpha value is -1.53. The predicted molar refractivity (Wildman–Crippen MR) is 112 cm³/mol. The van der Waals surface area contributed by atoms with Gasteiger partial charge in [0.15, 0.2) is 5.96 Å². The van der Waals surface area contributed by atoms with E-state index in [4.69, 9.17) is 0 Å². The van der Waals surface area contributed by atoms with Gasteiger partial charge in [0, 0.05) is 39.9 Å². The van der Waals surface area contributed by atoms with E-state index in [1.807, 2.05) is 26.4 Å². The highest BCUT2D eigenvalue weighted by atomic mass is 127. The van der Waals surface area contributed by atoms with E-state index in [0.29, 0.717) is 23.3 Å². The van der Waals surface area contributed by atoms with Crippen LogP contribution in [0.1, 0.15) is 18.9 Å². The van der Waals surface area contributed by atoms with Crippen LogP contribution in [-0.4, -0.2) is 77.4 Å². The molecule has 0 saturated carbocycles. The van der Waals surface area contributed by atoms with Crippen molar-refractivity contribution in [3.8, 4) is 0 Å². The Bertz CT molecular complexity index is 664. The number of alkyl halides is 3. The summed E-state index contributed by atoms with van der Waals surface area (Å²) >= 11 is 0. The number of guanidine groups is 1. The lowest BCUT2D eigenvalue weighted by Crippen LogP contribution is -2.42. The maximum absolute atomic E-state index is 12.4. The maximum atomic E-state index is 12.4. The number of likely N-dealkylation sites (tertiary alicyclic amines) is 1. The summed E-state index contributed by atoms with van der Waals surface area (Å²) in [4.78, 5) is 18.9. The average molecular weight is 516 g/mol. The van der Waals surface area contributed by atoms with Crippen molar-refractivity contribution in [1.82, 2.24) is 24.9 Å². The Kier molecular flexibility index (Phi) is 9.51. The fourth-order valence-corrected chi connectivity index (χ4v) is 3.15. The van der Waals surface area contributed by atoms with E-state index >= 15 is 0 Å². The van der Waals surface area contributed by atoms with Crippen molar-refractivity contribution in [2.75, 3.05) is 39.8 Å². The van der Waals surface area contributed by atoms with Crippen molar-refractivity contribution < 1.29 is 18.0 Å². The molecule has 7 nitrogen and oxygen atoms in total. The molecule has 1 saturated heterocycles. The van der Waals surface area contributed by atoms with Crippen LogP contribution in [0.3, 0.4) is 0 Å². The number of aliphatic imine (C=N–C) groups is 1. The monoisotopic (exact) mass is 516 g/mol. The molecule has 1 aromatic heterocycles. The number of halogens is 4. The van der Waals surface area contributed by atoms with Crippen molar-refractivity contribution in [2.24, 2.45) is 18.0 Å². The Balaban J connectivity index is 0.00000392. The molecule has 0 spiro atoms. The molecule has 1 aliphatic rings. The lowest BCUT2D eigenvalue weighted by Gasteiger charge is -2.22. The molecule has 1 atom stereocenters. The third-order valence-electron chi connectivity index (χ3n) is 4.41. The van der Waals surface area contributed by atoms with Gasteiger partial charge in [0.05, 0.1) is 6.20 Å². The van der Waals surface area contributed by atoms with Crippen LogP contribution in [0.15, 0.2) is 17.4 Å². The summed E-state index contributed by atoms with van der Waals surface area (Å²) < 4.78 is 39.0. The highest BCUT2D eigenvalue weighted by Gasteiger charge is 2.31. The fraction of sp³-hybridized carbons (Fsp3) is 0.706. The van der Waals surface area contributed by atoms with Gasteiger partial charge < -0.3 is 15.1 Å². The molecule has 0 aromatic carbocycles. The summed E-state index contributed by atoms with van der Waals surface area (Å²) in [5.41, 5.74) is 1.18. The second kappa shape index (κ2) is 10.9. The quantitative estimate of drug-likeness (QED) is 0.357. The Labute approximate surface area is 180 Å². The number of aryl methyl sites for hydroxylation is 1. The second-order valence-electron chi connectivity index (χ2n) is 6.86. The third-order valence-corrected chi connectivity index (χ3v) is 4.41. The lowest BCUT2D eigenvalue weighted by molar-refractivity contribution is -0.157. The number of aromatic nitrogens is 2. The molecule has 1 aromatic rings. The number of carbonyl (C=O) groups excluding carboxylic acids is 1. The van der Waals surface area contributed by atoms with Gasteiger partial charge in [-0.1, -0.05) is 0 Å². The van der Waals surface area contributed by atoms with Gasteiger partial charge in [-0.3, -0.25) is 9.48 Å². The molecule has 0 radical (unpaired) electrons. The van der Waals surface area contributed by atoms with Crippen molar-refractivity contribution >= 4 is 35.8 Å². The minimum absolute atomic E-state index is 0. The molecule has 1 fully saturated rings. The van der Waals surface area contributed by atoms with Crippen LogP contribution in [0.4, 0.5) is 13.2 Å². The summed E-state index contributed by atoms with van der Waals surface area (Å²) in [5.74, 6) is 0.357. The van der Waals surface area contributed by atoms with Crippen LogP contribution in [0, 0.1) is 5.92 Å². The number of nitrogens with zero attached hydrogens (tertiary/aromatic N) is 5. The Morgan fingerprint density at radius 3 is 2.75 bits per heavy atom.